The number of carbonyl (C=O) groups excluding carboxylic acids is 1. The highest BCUT2D eigenvalue weighted by molar-refractivity contribution is 5.94. The second-order valence-corrected chi connectivity index (χ2v) is 7.48. The maximum absolute atomic E-state index is 12.3. The molecule has 1 atom stereocenters. The van der Waals surface area contributed by atoms with E-state index in [-0.39, 0.29) is 11.8 Å². The smallest absolute Gasteiger partial charge is 0.241 e. The van der Waals surface area contributed by atoms with Crippen LogP contribution in [0.2, 0.25) is 0 Å². The minimum Gasteiger partial charge on any atom is -0.492 e. The number of ether oxygens (including phenoxy) is 2. The number of nitrogens with one attached hydrogen (secondary N) is 1. The van der Waals surface area contributed by atoms with E-state index in [9.17, 15) is 4.79 Å². The highest BCUT2D eigenvalue weighted by atomic mass is 16.5. The van der Waals surface area contributed by atoms with Crippen molar-refractivity contribution < 1.29 is 14.3 Å². The Hall–Kier alpha value is -1.67. The van der Waals surface area contributed by atoms with E-state index in [1.807, 2.05) is 24.3 Å². The molecule has 7 heteroatoms. The molecule has 2 fully saturated rings. The topological polar surface area (TPSA) is 80.1 Å². The van der Waals surface area contributed by atoms with Crippen LogP contribution in [0, 0.1) is 5.92 Å². The molecule has 2 saturated heterocycles. The summed E-state index contributed by atoms with van der Waals surface area (Å²) in [5, 5.41) is 2.90. The van der Waals surface area contributed by atoms with Crippen molar-refractivity contribution in [1.29, 1.82) is 0 Å². The zero-order chi connectivity index (χ0) is 19.1. The molecule has 0 radical (unpaired) electrons. The number of nitrogens with two attached hydrogens (primary N) is 1. The highest BCUT2D eigenvalue weighted by Gasteiger charge is 2.26. The van der Waals surface area contributed by atoms with Crippen molar-refractivity contribution in [3.05, 3.63) is 24.3 Å². The minimum atomic E-state index is -0.492. The highest BCUT2D eigenvalue weighted by Crippen LogP contribution is 2.20. The van der Waals surface area contributed by atoms with E-state index in [0.717, 1.165) is 57.0 Å². The average Bonchev–Trinajstić information content (AvgIpc) is 2.71. The summed E-state index contributed by atoms with van der Waals surface area (Å²) in [5.74, 6) is 0.873. The molecule has 2 aliphatic heterocycles. The lowest BCUT2D eigenvalue weighted by molar-refractivity contribution is -0.119. The number of benzene rings is 1. The van der Waals surface area contributed by atoms with Crippen LogP contribution in [0.4, 0.5) is 5.69 Å². The molecule has 0 spiro atoms. The van der Waals surface area contributed by atoms with Crippen molar-refractivity contribution in [1.82, 2.24) is 9.80 Å². The maximum atomic E-state index is 12.3. The summed E-state index contributed by atoms with van der Waals surface area (Å²) in [5.41, 5.74) is 6.86. The van der Waals surface area contributed by atoms with Crippen LogP contribution >= 0.6 is 0 Å². The summed E-state index contributed by atoms with van der Waals surface area (Å²) in [4.78, 5) is 17.1. The van der Waals surface area contributed by atoms with Crippen molar-refractivity contribution in [2.24, 2.45) is 11.7 Å². The van der Waals surface area contributed by atoms with Gasteiger partial charge in [-0.3, -0.25) is 9.69 Å². The molecule has 0 saturated carbocycles. The number of rotatable bonds is 7. The summed E-state index contributed by atoms with van der Waals surface area (Å²) < 4.78 is 11.2. The number of carbonyl (C=O) groups is 1. The Bertz CT molecular complexity index is 581. The first-order valence-corrected chi connectivity index (χ1v) is 9.90. The summed E-state index contributed by atoms with van der Waals surface area (Å²) in [6.45, 7) is 7.40. The lowest BCUT2D eigenvalue weighted by Gasteiger charge is -2.32. The molecule has 1 aromatic carbocycles. The largest absolute Gasteiger partial charge is 0.492 e. The van der Waals surface area contributed by atoms with Crippen LogP contribution < -0.4 is 15.8 Å². The Balaban J connectivity index is 1.39. The average molecular weight is 377 g/mol. The summed E-state index contributed by atoms with van der Waals surface area (Å²) in [7, 11) is 2.16. The van der Waals surface area contributed by atoms with Crippen LogP contribution in [-0.4, -0.2) is 81.3 Å². The monoisotopic (exact) mass is 376 g/mol. The first-order valence-electron chi connectivity index (χ1n) is 9.90. The minimum absolute atomic E-state index is 0.134. The van der Waals surface area contributed by atoms with E-state index in [0.29, 0.717) is 19.8 Å². The molecular weight excluding hydrogens is 344 g/mol. The van der Waals surface area contributed by atoms with Crippen LogP contribution in [0.5, 0.6) is 5.75 Å². The first kappa shape index (κ1) is 20.1. The third-order valence-corrected chi connectivity index (χ3v) is 5.47. The van der Waals surface area contributed by atoms with Crippen LogP contribution in [0.3, 0.4) is 0 Å². The lowest BCUT2D eigenvalue weighted by atomic mass is 9.92. The zero-order valence-electron chi connectivity index (χ0n) is 16.2. The number of likely N-dealkylation sites (N-methyl/N-ethyl adjacent to an activating group) is 1. The van der Waals surface area contributed by atoms with Gasteiger partial charge < -0.3 is 25.4 Å². The Morgan fingerprint density at radius 3 is 2.56 bits per heavy atom. The third-order valence-electron chi connectivity index (χ3n) is 5.47. The molecule has 0 aromatic heterocycles. The van der Waals surface area contributed by atoms with Gasteiger partial charge in [-0.2, -0.15) is 0 Å². The molecule has 1 amide bonds. The van der Waals surface area contributed by atoms with Gasteiger partial charge in [-0.1, -0.05) is 0 Å². The zero-order valence-corrected chi connectivity index (χ0v) is 16.2. The SMILES string of the molecule is CN1CCN(CCOc2ccc(NC(=O)C(N)C3CCOCC3)cc2)CC1. The standard InChI is InChI=1S/C20H32N4O3/c1-23-8-10-24(11-9-23)12-15-27-18-4-2-17(3-5-18)22-20(25)19(21)16-6-13-26-14-7-16/h2-5,16,19H,6-15,21H2,1H3,(H,22,25). The van der Waals surface area contributed by atoms with Crippen LogP contribution in [0.25, 0.3) is 0 Å². The predicted molar refractivity (Wildman–Crippen MR) is 106 cm³/mol. The van der Waals surface area contributed by atoms with Crippen molar-refractivity contribution in [3.63, 3.8) is 0 Å². The number of amides is 1. The van der Waals surface area contributed by atoms with Gasteiger partial charge in [0.15, 0.2) is 0 Å². The van der Waals surface area contributed by atoms with E-state index < -0.39 is 6.04 Å². The van der Waals surface area contributed by atoms with Gasteiger partial charge in [0, 0.05) is 51.6 Å². The van der Waals surface area contributed by atoms with Crippen LogP contribution in [-0.2, 0) is 9.53 Å². The van der Waals surface area contributed by atoms with Crippen molar-refractivity contribution in [2.75, 3.05) is 64.9 Å². The molecule has 0 aliphatic carbocycles. The first-order chi connectivity index (χ1) is 13.1. The van der Waals surface area contributed by atoms with E-state index in [1.165, 1.54) is 0 Å². The van der Waals surface area contributed by atoms with Crippen LogP contribution in [0.1, 0.15) is 12.8 Å². The Labute approximate surface area is 161 Å². The van der Waals surface area contributed by atoms with Crippen molar-refractivity contribution >= 4 is 11.6 Å². The van der Waals surface area contributed by atoms with Gasteiger partial charge in [0.05, 0.1) is 6.04 Å². The Morgan fingerprint density at radius 1 is 1.22 bits per heavy atom. The molecule has 1 unspecified atom stereocenters. The van der Waals surface area contributed by atoms with E-state index in [2.05, 4.69) is 22.2 Å². The fraction of sp³-hybridized carbons (Fsp3) is 0.650. The number of hydrogen-bond acceptors (Lipinski definition) is 6. The molecular formula is C20H32N4O3. The fourth-order valence-electron chi connectivity index (χ4n) is 3.51. The van der Waals surface area contributed by atoms with E-state index in [1.54, 1.807) is 0 Å². The molecule has 3 rings (SSSR count). The Morgan fingerprint density at radius 2 is 1.89 bits per heavy atom. The van der Waals surface area contributed by atoms with Gasteiger partial charge in [0.25, 0.3) is 0 Å². The second-order valence-electron chi connectivity index (χ2n) is 7.48. The lowest BCUT2D eigenvalue weighted by Crippen LogP contribution is -2.45. The molecule has 7 nitrogen and oxygen atoms in total. The van der Waals surface area contributed by atoms with Gasteiger partial charge in [-0.15, -0.1) is 0 Å². The fourth-order valence-corrected chi connectivity index (χ4v) is 3.51. The van der Waals surface area contributed by atoms with E-state index in [4.69, 9.17) is 15.2 Å². The Kier molecular flexibility index (Phi) is 7.46. The molecule has 2 heterocycles. The summed E-state index contributed by atoms with van der Waals surface area (Å²) in [6, 6.07) is 7.01. The van der Waals surface area contributed by atoms with Crippen molar-refractivity contribution in [3.8, 4) is 5.75 Å². The number of piperazine rings is 1. The summed E-state index contributed by atoms with van der Waals surface area (Å²) in [6.07, 6.45) is 1.68. The summed E-state index contributed by atoms with van der Waals surface area (Å²) >= 11 is 0. The third kappa shape index (κ3) is 6.17. The molecule has 150 valence electrons. The van der Waals surface area contributed by atoms with Gasteiger partial charge >= 0.3 is 0 Å². The predicted octanol–water partition coefficient (Wildman–Crippen LogP) is 1.01. The maximum Gasteiger partial charge on any atom is 0.241 e. The second kappa shape index (κ2) is 10.0. The van der Waals surface area contributed by atoms with Gasteiger partial charge in [0.2, 0.25) is 5.91 Å². The normalized spacial score (nSPS) is 21.0. The molecule has 0 bridgehead atoms. The molecule has 1 aromatic rings. The van der Waals surface area contributed by atoms with Gasteiger partial charge in [-0.25, -0.2) is 0 Å². The molecule has 27 heavy (non-hydrogen) atoms. The van der Waals surface area contributed by atoms with Gasteiger partial charge in [-0.05, 0) is 50.1 Å². The van der Waals surface area contributed by atoms with Crippen molar-refractivity contribution in [2.45, 2.75) is 18.9 Å². The quantitative estimate of drug-likeness (QED) is 0.739. The molecule has 2 aliphatic rings. The number of hydrogen-bond donors (Lipinski definition) is 2. The van der Waals surface area contributed by atoms with E-state index >= 15 is 0 Å². The number of anilines is 1. The number of nitrogens with zero attached hydrogens (tertiary/aromatic N) is 2. The molecule has 3 N–H and O–H groups in total. The van der Waals surface area contributed by atoms with Gasteiger partial charge in [0.1, 0.15) is 12.4 Å². The van der Waals surface area contributed by atoms with Crippen LogP contribution in [0.15, 0.2) is 24.3 Å².